The molecule has 0 aromatic heterocycles. The van der Waals surface area contributed by atoms with Gasteiger partial charge in [0.05, 0.1) is 0 Å². The lowest BCUT2D eigenvalue weighted by Gasteiger charge is -2.30. The lowest BCUT2D eigenvalue weighted by Crippen LogP contribution is -2.30. The Bertz CT molecular complexity index is 2350. The molecule has 0 spiro atoms. The second-order valence-corrected chi connectivity index (χ2v) is 17.3. The summed E-state index contributed by atoms with van der Waals surface area (Å²) in [5.41, 5.74) is 13.7. The van der Waals surface area contributed by atoms with Gasteiger partial charge in [-0.2, -0.15) is 0 Å². The van der Waals surface area contributed by atoms with E-state index in [0.717, 1.165) is 6.42 Å². The first kappa shape index (κ1) is 36.7. The summed E-state index contributed by atoms with van der Waals surface area (Å²) in [4.78, 5) is 0. The molecular weight excluding hydrogens is 637 g/mol. The highest BCUT2D eigenvalue weighted by Crippen LogP contribution is 2.43. The molecule has 0 saturated heterocycles. The average molecular weight is 695 g/mol. The highest BCUT2D eigenvalue weighted by atomic mass is 14.3. The van der Waals surface area contributed by atoms with Crippen molar-refractivity contribution in [1.29, 1.82) is 0 Å². The van der Waals surface area contributed by atoms with Crippen LogP contribution in [0.4, 0.5) is 0 Å². The van der Waals surface area contributed by atoms with E-state index in [1.807, 2.05) is 0 Å². The van der Waals surface area contributed by atoms with E-state index >= 15 is 0 Å². The molecule has 0 saturated carbocycles. The van der Waals surface area contributed by atoms with Crippen LogP contribution >= 0.6 is 0 Å². The summed E-state index contributed by atoms with van der Waals surface area (Å²) in [7, 11) is 0. The van der Waals surface area contributed by atoms with Crippen molar-refractivity contribution < 1.29 is 0 Å². The van der Waals surface area contributed by atoms with Crippen LogP contribution in [0.3, 0.4) is 0 Å². The Labute approximate surface area is 319 Å². The first-order chi connectivity index (χ1) is 25.6. The van der Waals surface area contributed by atoms with Gasteiger partial charge in [-0.15, -0.1) is 0 Å². The van der Waals surface area contributed by atoms with Crippen LogP contribution in [0.15, 0.2) is 127 Å². The molecule has 270 valence electrons. The fourth-order valence-electron chi connectivity index (χ4n) is 8.87. The Morgan fingerprint density at radius 2 is 1.21 bits per heavy atom. The molecule has 0 aliphatic heterocycles. The molecule has 0 radical (unpaired) electrons. The van der Waals surface area contributed by atoms with E-state index in [9.17, 15) is 0 Å². The van der Waals surface area contributed by atoms with Gasteiger partial charge in [-0.3, -0.25) is 0 Å². The van der Waals surface area contributed by atoms with Crippen LogP contribution < -0.4 is 10.4 Å². The largest absolute Gasteiger partial charge is 0.0732 e. The van der Waals surface area contributed by atoms with E-state index in [4.69, 9.17) is 0 Å². The molecule has 7 rings (SSSR count). The Kier molecular flexibility index (Phi) is 10.6. The summed E-state index contributed by atoms with van der Waals surface area (Å²) in [6.45, 7) is 16.8. The zero-order valence-corrected chi connectivity index (χ0v) is 33.2. The number of fused-ring (bicyclic) bond motifs is 2. The summed E-state index contributed by atoms with van der Waals surface area (Å²) in [5.74, 6) is 0.203. The summed E-state index contributed by atoms with van der Waals surface area (Å²) >= 11 is 0. The quantitative estimate of drug-likeness (QED) is 0.118. The number of hydrogen-bond acceptors (Lipinski definition) is 0. The maximum atomic E-state index is 2.58. The summed E-state index contributed by atoms with van der Waals surface area (Å²) in [6.07, 6.45) is 20.6. The van der Waals surface area contributed by atoms with Crippen LogP contribution in [0.25, 0.3) is 33.9 Å². The minimum Gasteiger partial charge on any atom is -0.0732 e. The van der Waals surface area contributed by atoms with Crippen LogP contribution in [-0.4, -0.2) is 0 Å². The lowest BCUT2D eigenvalue weighted by atomic mass is 9.73. The number of rotatable bonds is 11. The van der Waals surface area contributed by atoms with Crippen molar-refractivity contribution in [2.45, 2.75) is 110 Å². The van der Waals surface area contributed by atoms with Gasteiger partial charge in [0.1, 0.15) is 0 Å². The zero-order valence-electron chi connectivity index (χ0n) is 33.2. The molecule has 0 atom stereocenters. The summed E-state index contributed by atoms with van der Waals surface area (Å²) in [5, 5.41) is 5.61. The van der Waals surface area contributed by atoms with Crippen molar-refractivity contribution in [2.75, 3.05) is 0 Å². The van der Waals surface area contributed by atoms with Crippen molar-refractivity contribution >= 4 is 11.6 Å². The average Bonchev–Trinajstić information content (AvgIpc) is 3.82. The number of allylic oxidation sites excluding steroid dienone is 4. The minimum absolute atomic E-state index is 0.0375. The molecule has 2 aliphatic rings. The van der Waals surface area contributed by atoms with Gasteiger partial charge in [0.2, 0.25) is 0 Å². The summed E-state index contributed by atoms with van der Waals surface area (Å²) in [6, 6.07) is 38.8. The third-order valence-electron chi connectivity index (χ3n) is 11.3. The van der Waals surface area contributed by atoms with E-state index in [1.165, 1.54) is 115 Å². The molecule has 5 aromatic carbocycles. The van der Waals surface area contributed by atoms with E-state index in [2.05, 4.69) is 182 Å². The Morgan fingerprint density at radius 3 is 1.81 bits per heavy atom. The standard InChI is InChI=1S/C53H58/c1-8-9-10-11-12-22-33-42(37-25-16-13-17-26-37)50-49-44-36-46(52(2,3)4)43(38-27-18-14-19-28-38)34-41(44)35-45(49)47(39-31-23-24-32-39)48(51(50)53(5,6)7)40-29-20-15-21-30-40/h13-21,23-32,34-36,39H,8-12,22,33H2,1-7H3. The van der Waals surface area contributed by atoms with Crippen molar-refractivity contribution in [3.05, 3.63) is 176 Å². The van der Waals surface area contributed by atoms with Crippen molar-refractivity contribution in [3.63, 3.8) is 0 Å². The van der Waals surface area contributed by atoms with Gasteiger partial charge in [-0.25, -0.2) is 0 Å². The number of benzene rings is 5. The van der Waals surface area contributed by atoms with Gasteiger partial charge in [-0.05, 0) is 118 Å². The Hall–Kier alpha value is -4.68. The third kappa shape index (κ3) is 7.44. The van der Waals surface area contributed by atoms with Crippen molar-refractivity contribution in [3.8, 4) is 22.3 Å². The molecular formula is C53H58. The maximum Gasteiger partial charge on any atom is 0.0217 e. The van der Waals surface area contributed by atoms with Crippen LogP contribution in [0.1, 0.15) is 127 Å². The highest BCUT2D eigenvalue weighted by Gasteiger charge is 2.31. The van der Waals surface area contributed by atoms with Crippen LogP contribution in [0, 0.1) is 10.4 Å². The topological polar surface area (TPSA) is 0 Å². The number of unbranched alkanes of at least 4 members (excludes halogenated alkanes) is 5. The SMILES string of the molecule is CCCCCCCCC(c1ccccc1)=c1c(C(C)(C)C)c(-c2ccccc2)c(C2C=CC=C2)c2c1=c1cc(C(C)(C)C)c(-c3ccccc3)cc1=C2. The van der Waals surface area contributed by atoms with E-state index in [1.54, 1.807) is 0 Å². The van der Waals surface area contributed by atoms with E-state index < -0.39 is 0 Å². The molecule has 0 nitrogen and oxygen atoms in total. The van der Waals surface area contributed by atoms with E-state index in [0.29, 0.717) is 0 Å². The predicted octanol–water partition coefficient (Wildman–Crippen LogP) is 13.2. The van der Waals surface area contributed by atoms with Crippen molar-refractivity contribution in [2.24, 2.45) is 0 Å². The normalized spacial score (nSPS) is 14.3. The molecule has 5 aromatic rings. The molecule has 0 heterocycles. The molecule has 53 heavy (non-hydrogen) atoms. The van der Waals surface area contributed by atoms with Gasteiger partial charge in [0, 0.05) is 5.92 Å². The third-order valence-corrected chi connectivity index (χ3v) is 11.3. The monoisotopic (exact) mass is 694 g/mol. The maximum absolute atomic E-state index is 2.58. The van der Waals surface area contributed by atoms with Crippen LogP contribution in [0.2, 0.25) is 0 Å². The zero-order chi connectivity index (χ0) is 37.2. The molecule has 0 unspecified atom stereocenters. The molecule has 0 fully saturated rings. The second kappa shape index (κ2) is 15.4. The van der Waals surface area contributed by atoms with Gasteiger partial charge < -0.3 is 0 Å². The van der Waals surface area contributed by atoms with E-state index in [-0.39, 0.29) is 16.7 Å². The molecule has 0 heteroatoms. The molecule has 0 N–H and O–H groups in total. The van der Waals surface area contributed by atoms with Crippen molar-refractivity contribution in [1.82, 2.24) is 0 Å². The number of hydrogen-bond donors (Lipinski definition) is 0. The summed E-state index contributed by atoms with van der Waals surface area (Å²) < 4.78 is 0. The molecule has 2 aliphatic carbocycles. The Balaban J connectivity index is 1.73. The van der Waals surface area contributed by atoms with Gasteiger partial charge in [-0.1, -0.05) is 196 Å². The van der Waals surface area contributed by atoms with Gasteiger partial charge in [0.25, 0.3) is 0 Å². The second-order valence-electron chi connectivity index (χ2n) is 17.3. The first-order valence-electron chi connectivity index (χ1n) is 20.2. The van der Waals surface area contributed by atoms with Crippen LogP contribution in [0.5, 0.6) is 0 Å². The fraction of sp³-hybridized carbons (Fsp3) is 0.321. The smallest absolute Gasteiger partial charge is 0.0217 e. The predicted molar refractivity (Wildman–Crippen MR) is 230 cm³/mol. The van der Waals surface area contributed by atoms with Gasteiger partial charge in [0.15, 0.2) is 0 Å². The van der Waals surface area contributed by atoms with Crippen LogP contribution in [-0.2, 0) is 10.8 Å². The fourth-order valence-corrected chi connectivity index (χ4v) is 8.87. The minimum atomic E-state index is -0.128. The highest BCUT2D eigenvalue weighted by molar-refractivity contribution is 5.84. The first-order valence-corrected chi connectivity index (χ1v) is 20.2. The molecule has 0 bridgehead atoms. The molecule has 0 amide bonds. The lowest BCUT2D eigenvalue weighted by molar-refractivity contribution is 0.584. The van der Waals surface area contributed by atoms with Gasteiger partial charge >= 0.3 is 0 Å². The Morgan fingerprint density at radius 1 is 0.623 bits per heavy atom.